The molecule has 0 saturated heterocycles. The van der Waals surface area contributed by atoms with Crippen molar-refractivity contribution in [1.82, 2.24) is 0 Å². The molecule has 36 valence electrons. The molecule has 0 unspecified atom stereocenters. The average Bonchev–Trinajstić information content (AvgIpc) is 1.69. The Morgan fingerprint density at radius 3 is 2.86 bits per heavy atom. The molecule has 0 aliphatic carbocycles. The summed E-state index contributed by atoms with van der Waals surface area (Å²) in [5.74, 6) is 4.09. The third-order valence-electron chi connectivity index (χ3n) is 0.344. The fourth-order valence-electron chi connectivity index (χ4n) is 0.144. The van der Waals surface area contributed by atoms with Gasteiger partial charge in [-0.1, -0.05) is 6.08 Å². The molecular formula is C5H6N2. The number of nitrogens with one attached hydrogen (secondary N) is 1. The lowest BCUT2D eigenvalue weighted by atomic mass is 10.7. The fraction of sp³-hybridized carbons (Fsp3) is 0.200. The second-order valence-electron chi connectivity index (χ2n) is 0.848. The minimum Gasteiger partial charge on any atom is -0.250 e. The molecule has 0 spiro atoms. The van der Waals surface area contributed by atoms with Crippen molar-refractivity contribution in [2.24, 2.45) is 4.99 Å². The van der Waals surface area contributed by atoms with Crippen LogP contribution in [0.25, 0.3) is 0 Å². The van der Waals surface area contributed by atoms with Crippen LogP contribution in [0.2, 0.25) is 0 Å². The maximum Gasteiger partial charge on any atom is 0.0587 e. The normalized spacial score (nSPS) is 7.57. The van der Waals surface area contributed by atoms with E-state index in [1.807, 2.05) is 12.8 Å². The molecule has 7 heavy (non-hydrogen) atoms. The molecular weight excluding hydrogens is 88.1 g/mol. The van der Waals surface area contributed by atoms with Crippen LogP contribution >= 0.6 is 0 Å². The summed E-state index contributed by atoms with van der Waals surface area (Å²) >= 11 is 0. The van der Waals surface area contributed by atoms with Crippen LogP contribution in [0, 0.1) is 5.41 Å². The Morgan fingerprint density at radius 2 is 2.43 bits per heavy atom. The van der Waals surface area contributed by atoms with Crippen molar-refractivity contribution >= 4 is 11.7 Å². The van der Waals surface area contributed by atoms with Crippen molar-refractivity contribution in [1.29, 1.82) is 5.41 Å². The van der Waals surface area contributed by atoms with Crippen LogP contribution in [-0.4, -0.2) is 11.7 Å². The van der Waals surface area contributed by atoms with Gasteiger partial charge in [0, 0.05) is 6.20 Å². The van der Waals surface area contributed by atoms with E-state index in [0.29, 0.717) is 0 Å². The highest BCUT2D eigenvalue weighted by Crippen LogP contribution is 1.64. The zero-order chi connectivity index (χ0) is 5.54. The minimum absolute atomic E-state index is 1.54. The Bertz CT molecular complexity index is 134. The van der Waals surface area contributed by atoms with E-state index in [0.717, 1.165) is 0 Å². The predicted molar refractivity (Wildman–Crippen MR) is 30.0 cm³/mol. The van der Waals surface area contributed by atoms with Crippen molar-refractivity contribution < 1.29 is 0 Å². The second kappa shape index (κ2) is 4.90. The number of hydrogen-bond acceptors (Lipinski definition) is 2. The van der Waals surface area contributed by atoms with Crippen LogP contribution in [0.4, 0.5) is 0 Å². The number of allylic oxidation sites excluding steroid dienone is 1. The molecule has 0 radical (unpaired) electrons. The molecule has 0 amide bonds. The zero-order valence-electron chi connectivity index (χ0n) is 4.10. The summed E-state index contributed by atoms with van der Waals surface area (Å²) in [5.41, 5.74) is 0. The molecule has 0 fully saturated rings. The molecule has 0 atom stereocenters. The van der Waals surface area contributed by atoms with Gasteiger partial charge in [0.2, 0.25) is 0 Å². The van der Waals surface area contributed by atoms with Crippen molar-refractivity contribution in [2.45, 2.75) is 6.92 Å². The monoisotopic (exact) mass is 94.1 g/mol. The lowest BCUT2D eigenvalue weighted by Gasteiger charge is -1.58. The first-order chi connectivity index (χ1) is 3.41. The van der Waals surface area contributed by atoms with E-state index < -0.39 is 0 Å². The Morgan fingerprint density at radius 1 is 1.71 bits per heavy atom. The lowest BCUT2D eigenvalue weighted by Crippen LogP contribution is -1.48. The first-order valence-corrected chi connectivity index (χ1v) is 1.89. The molecule has 0 bridgehead atoms. The molecule has 2 nitrogen and oxygen atoms in total. The van der Waals surface area contributed by atoms with Crippen LogP contribution in [-0.2, 0) is 0 Å². The molecule has 0 aliphatic heterocycles. The number of aliphatic imine (C=N–C) groups is 1. The van der Waals surface area contributed by atoms with Crippen LogP contribution in [0.1, 0.15) is 6.92 Å². The van der Waals surface area contributed by atoms with Crippen LogP contribution < -0.4 is 0 Å². The largest absolute Gasteiger partial charge is 0.250 e. The second-order valence-corrected chi connectivity index (χ2v) is 0.848. The van der Waals surface area contributed by atoms with Crippen LogP contribution in [0.5, 0.6) is 0 Å². The van der Waals surface area contributed by atoms with Gasteiger partial charge in [0.05, 0.1) is 11.7 Å². The van der Waals surface area contributed by atoms with E-state index in [2.05, 4.69) is 10.9 Å². The Labute approximate surface area is 42.4 Å². The summed E-state index contributed by atoms with van der Waals surface area (Å²) in [6.07, 6.45) is 3.30. The van der Waals surface area contributed by atoms with Crippen molar-refractivity contribution in [2.75, 3.05) is 0 Å². The first-order valence-electron chi connectivity index (χ1n) is 1.89. The standard InChI is InChI=1S/C5H6N2/c1-2-4-7-5-3-6/h2,4,6H,1H3/b4-2+. The Balaban J connectivity index is 3.71. The van der Waals surface area contributed by atoms with E-state index >= 15 is 0 Å². The third-order valence-corrected chi connectivity index (χ3v) is 0.344. The summed E-state index contributed by atoms with van der Waals surface area (Å²) in [6, 6.07) is 0. The fourth-order valence-corrected chi connectivity index (χ4v) is 0.144. The summed E-state index contributed by atoms with van der Waals surface area (Å²) < 4.78 is 0. The molecule has 1 N–H and O–H groups in total. The van der Waals surface area contributed by atoms with Gasteiger partial charge in [-0.15, -0.1) is 0 Å². The van der Waals surface area contributed by atoms with E-state index in [9.17, 15) is 0 Å². The molecule has 0 saturated carbocycles. The van der Waals surface area contributed by atoms with Gasteiger partial charge in [-0.3, -0.25) is 0 Å². The molecule has 0 aromatic carbocycles. The van der Waals surface area contributed by atoms with Crippen LogP contribution in [0.15, 0.2) is 17.3 Å². The van der Waals surface area contributed by atoms with Crippen LogP contribution in [0.3, 0.4) is 0 Å². The van der Waals surface area contributed by atoms with E-state index in [4.69, 9.17) is 5.41 Å². The quantitative estimate of drug-likeness (QED) is 0.470. The number of nitrogens with zero attached hydrogens (tertiary/aromatic N) is 1. The van der Waals surface area contributed by atoms with Gasteiger partial charge in [-0.05, 0) is 6.92 Å². The minimum atomic E-state index is 1.54. The topological polar surface area (TPSA) is 36.2 Å². The van der Waals surface area contributed by atoms with E-state index in [1.165, 1.54) is 0 Å². The SMILES string of the molecule is C/C=C/N=C=C=N. The summed E-state index contributed by atoms with van der Waals surface area (Å²) in [7, 11) is 0. The van der Waals surface area contributed by atoms with Crippen molar-refractivity contribution in [3.63, 3.8) is 0 Å². The Kier molecular flexibility index (Phi) is 4.13. The molecule has 2 heteroatoms. The van der Waals surface area contributed by atoms with Crippen molar-refractivity contribution in [3.05, 3.63) is 12.3 Å². The third kappa shape index (κ3) is 4.90. The summed E-state index contributed by atoms with van der Waals surface area (Å²) in [6.45, 7) is 1.84. The number of rotatable bonds is 1. The molecule has 0 rings (SSSR count). The predicted octanol–water partition coefficient (Wildman–Crippen LogP) is 0.994. The highest BCUT2D eigenvalue weighted by molar-refractivity contribution is 5.86. The highest BCUT2D eigenvalue weighted by Gasteiger charge is 1.47. The van der Waals surface area contributed by atoms with Gasteiger partial charge in [0.15, 0.2) is 0 Å². The molecule has 0 aliphatic rings. The number of hydrogen-bond donors (Lipinski definition) is 1. The summed E-state index contributed by atoms with van der Waals surface area (Å²) in [5, 5.41) is 6.29. The maximum absolute atomic E-state index is 6.29. The molecule has 0 aromatic rings. The van der Waals surface area contributed by atoms with Crippen molar-refractivity contribution in [3.8, 4) is 0 Å². The maximum atomic E-state index is 6.29. The first kappa shape index (κ1) is 5.90. The van der Waals surface area contributed by atoms with Gasteiger partial charge < -0.3 is 0 Å². The highest BCUT2D eigenvalue weighted by atomic mass is 14.6. The smallest absolute Gasteiger partial charge is 0.0587 e. The van der Waals surface area contributed by atoms with Gasteiger partial charge in [-0.25, -0.2) is 10.4 Å². The molecule has 0 aromatic heterocycles. The Hall–Kier alpha value is -1.10. The zero-order valence-corrected chi connectivity index (χ0v) is 4.10. The molecule has 0 heterocycles. The van der Waals surface area contributed by atoms with Gasteiger partial charge >= 0.3 is 0 Å². The van der Waals surface area contributed by atoms with Gasteiger partial charge in [-0.2, -0.15) is 0 Å². The lowest BCUT2D eigenvalue weighted by molar-refractivity contribution is 1.55. The van der Waals surface area contributed by atoms with Gasteiger partial charge in [0.1, 0.15) is 0 Å². The van der Waals surface area contributed by atoms with E-state index in [1.54, 1.807) is 12.3 Å². The van der Waals surface area contributed by atoms with Gasteiger partial charge in [0.25, 0.3) is 0 Å². The average molecular weight is 94.1 g/mol. The van der Waals surface area contributed by atoms with E-state index in [-0.39, 0.29) is 0 Å². The summed E-state index contributed by atoms with van der Waals surface area (Å²) in [4.78, 5) is 3.48.